The minimum atomic E-state index is -0.128. The van der Waals surface area contributed by atoms with Crippen LogP contribution in [-0.4, -0.2) is 88.2 Å². The van der Waals surface area contributed by atoms with Crippen LogP contribution in [0.15, 0.2) is 4.99 Å². The Balaban J connectivity index is 0.00000729. The highest BCUT2D eigenvalue weighted by Crippen LogP contribution is 2.09. The molecular formula is C18H37IN6O3. The largest absolute Gasteiger partial charge is 0.383 e. The van der Waals surface area contributed by atoms with Gasteiger partial charge in [0.1, 0.15) is 6.54 Å². The zero-order valence-electron chi connectivity index (χ0n) is 17.4. The van der Waals surface area contributed by atoms with Crippen LogP contribution in [0.25, 0.3) is 0 Å². The Morgan fingerprint density at radius 3 is 2.36 bits per heavy atom. The van der Waals surface area contributed by atoms with Crippen LogP contribution < -0.4 is 21.3 Å². The smallest absolute Gasteiger partial charge is 0.241 e. The normalized spacial score (nSPS) is 15.5. The Morgan fingerprint density at radius 2 is 1.75 bits per heavy atom. The lowest BCUT2D eigenvalue weighted by Gasteiger charge is -2.32. The van der Waals surface area contributed by atoms with Crippen molar-refractivity contribution >= 4 is 41.8 Å². The van der Waals surface area contributed by atoms with E-state index < -0.39 is 0 Å². The molecule has 0 aliphatic carbocycles. The number of halogens is 1. The number of hydrogen-bond acceptors (Lipinski definition) is 5. The van der Waals surface area contributed by atoms with E-state index in [0.29, 0.717) is 25.7 Å². The van der Waals surface area contributed by atoms with E-state index in [1.165, 1.54) is 0 Å². The molecule has 1 heterocycles. The van der Waals surface area contributed by atoms with Gasteiger partial charge >= 0.3 is 0 Å². The van der Waals surface area contributed by atoms with Crippen LogP contribution in [0.4, 0.5) is 0 Å². The molecule has 9 nitrogen and oxygen atoms in total. The van der Waals surface area contributed by atoms with Gasteiger partial charge in [-0.2, -0.15) is 0 Å². The second-order valence-electron chi connectivity index (χ2n) is 6.58. The Bertz CT molecular complexity index is 470. The summed E-state index contributed by atoms with van der Waals surface area (Å²) in [7, 11) is 1.60. The molecule has 0 aromatic carbocycles. The van der Waals surface area contributed by atoms with Crippen LogP contribution in [0.5, 0.6) is 0 Å². The summed E-state index contributed by atoms with van der Waals surface area (Å²) in [6.45, 7) is 8.76. The highest BCUT2D eigenvalue weighted by molar-refractivity contribution is 14.0. The molecule has 4 N–H and O–H groups in total. The third-order valence-electron chi connectivity index (χ3n) is 4.22. The summed E-state index contributed by atoms with van der Waals surface area (Å²) < 4.78 is 4.90. The lowest BCUT2D eigenvalue weighted by atomic mass is 10.1. The summed E-state index contributed by atoms with van der Waals surface area (Å²) in [5.41, 5.74) is 0. The predicted molar refractivity (Wildman–Crippen MR) is 122 cm³/mol. The van der Waals surface area contributed by atoms with E-state index in [-0.39, 0.29) is 48.4 Å². The van der Waals surface area contributed by atoms with Gasteiger partial charge < -0.3 is 26.0 Å². The first-order chi connectivity index (χ1) is 13.1. The van der Waals surface area contributed by atoms with Crippen molar-refractivity contribution in [3.05, 3.63) is 0 Å². The Labute approximate surface area is 185 Å². The molecular weight excluding hydrogens is 475 g/mol. The fourth-order valence-corrected chi connectivity index (χ4v) is 2.77. The number of guanidine groups is 1. The van der Waals surface area contributed by atoms with E-state index in [0.717, 1.165) is 45.4 Å². The number of nitrogens with one attached hydrogen (secondary N) is 4. The quantitative estimate of drug-likeness (QED) is 0.134. The van der Waals surface area contributed by atoms with Gasteiger partial charge in [0.25, 0.3) is 0 Å². The third-order valence-corrected chi connectivity index (χ3v) is 4.22. The number of ether oxygens (including phenoxy) is 1. The number of carbonyl (C=O) groups excluding carboxylic acids is 2. The van der Waals surface area contributed by atoms with E-state index in [1.54, 1.807) is 7.11 Å². The number of carbonyl (C=O) groups is 2. The maximum atomic E-state index is 11.8. The van der Waals surface area contributed by atoms with Crippen molar-refractivity contribution in [1.29, 1.82) is 0 Å². The van der Waals surface area contributed by atoms with Crippen LogP contribution in [0, 0.1) is 0 Å². The molecule has 0 unspecified atom stereocenters. The number of aliphatic imine (C=N–C) groups is 1. The second kappa shape index (κ2) is 16.8. The highest BCUT2D eigenvalue weighted by Gasteiger charge is 2.21. The van der Waals surface area contributed by atoms with E-state index in [1.807, 2.05) is 13.8 Å². The van der Waals surface area contributed by atoms with Crippen molar-refractivity contribution in [2.45, 2.75) is 39.2 Å². The average Bonchev–Trinajstić information content (AvgIpc) is 2.66. The Morgan fingerprint density at radius 1 is 1.07 bits per heavy atom. The van der Waals surface area contributed by atoms with E-state index >= 15 is 0 Å². The average molecular weight is 512 g/mol. The molecule has 1 aliphatic heterocycles. The maximum Gasteiger partial charge on any atom is 0.241 e. The topological polar surface area (TPSA) is 107 Å². The maximum absolute atomic E-state index is 11.8. The van der Waals surface area contributed by atoms with Gasteiger partial charge in [-0.3, -0.25) is 14.5 Å². The lowest BCUT2D eigenvalue weighted by Crippen LogP contribution is -2.50. The summed E-state index contributed by atoms with van der Waals surface area (Å²) in [6.07, 6.45) is 2.83. The van der Waals surface area contributed by atoms with Crippen LogP contribution in [0.2, 0.25) is 0 Å². The summed E-state index contributed by atoms with van der Waals surface area (Å²) in [5.74, 6) is 0.619. The summed E-state index contributed by atoms with van der Waals surface area (Å²) in [6, 6.07) is 0.286. The number of methoxy groups -OCH3 is 1. The lowest BCUT2D eigenvalue weighted by molar-refractivity contribution is -0.122. The fraction of sp³-hybridized carbons (Fsp3) is 0.833. The fourth-order valence-electron chi connectivity index (χ4n) is 2.77. The van der Waals surface area contributed by atoms with Crippen LogP contribution in [-0.2, 0) is 14.3 Å². The monoisotopic (exact) mass is 512 g/mol. The molecule has 0 aromatic rings. The summed E-state index contributed by atoms with van der Waals surface area (Å²) in [5, 5.41) is 12.2. The number of nitrogens with zero attached hydrogens (tertiary/aromatic N) is 2. The molecule has 1 fully saturated rings. The molecule has 0 bridgehead atoms. The number of rotatable bonds is 11. The first-order valence-corrected chi connectivity index (χ1v) is 9.88. The van der Waals surface area contributed by atoms with Gasteiger partial charge in [-0.15, -0.1) is 24.0 Å². The molecule has 164 valence electrons. The molecule has 28 heavy (non-hydrogen) atoms. The molecule has 0 saturated carbocycles. The van der Waals surface area contributed by atoms with Crippen molar-refractivity contribution in [2.75, 3.05) is 59.5 Å². The summed E-state index contributed by atoms with van der Waals surface area (Å²) >= 11 is 0. The first-order valence-electron chi connectivity index (χ1n) is 9.88. The van der Waals surface area contributed by atoms with Crippen molar-refractivity contribution in [2.24, 2.45) is 4.99 Å². The zero-order valence-corrected chi connectivity index (χ0v) is 19.7. The van der Waals surface area contributed by atoms with Gasteiger partial charge in [0.15, 0.2) is 5.96 Å². The number of hydrogen-bond donors (Lipinski definition) is 4. The van der Waals surface area contributed by atoms with E-state index in [9.17, 15) is 9.59 Å². The van der Waals surface area contributed by atoms with Crippen molar-refractivity contribution in [1.82, 2.24) is 26.2 Å². The SMILES string of the molecule is CCCNC(=O)CN1CCC(NC(=NCC(=O)NCCOC)NCC)CC1.I. The Hall–Kier alpha value is -1.14. The van der Waals surface area contributed by atoms with Crippen molar-refractivity contribution < 1.29 is 14.3 Å². The molecule has 1 aliphatic rings. The van der Waals surface area contributed by atoms with Gasteiger partial charge in [-0.1, -0.05) is 6.92 Å². The van der Waals surface area contributed by atoms with E-state index in [2.05, 4.69) is 31.2 Å². The van der Waals surface area contributed by atoms with Crippen LogP contribution in [0.3, 0.4) is 0 Å². The molecule has 0 aromatic heterocycles. The predicted octanol–water partition coefficient (Wildman–Crippen LogP) is -0.0873. The molecule has 10 heteroatoms. The molecule has 0 spiro atoms. The van der Waals surface area contributed by atoms with Crippen LogP contribution in [0.1, 0.15) is 33.1 Å². The van der Waals surface area contributed by atoms with Gasteiger partial charge in [0.2, 0.25) is 11.8 Å². The number of amides is 2. The first kappa shape index (κ1) is 26.9. The van der Waals surface area contributed by atoms with Gasteiger partial charge in [-0.05, 0) is 26.2 Å². The zero-order chi connectivity index (χ0) is 19.9. The van der Waals surface area contributed by atoms with Gasteiger partial charge in [0, 0.05) is 45.9 Å². The third kappa shape index (κ3) is 12.3. The molecule has 2 amide bonds. The summed E-state index contributed by atoms with van der Waals surface area (Å²) in [4.78, 5) is 30.1. The van der Waals surface area contributed by atoms with Gasteiger partial charge in [0.05, 0.1) is 13.2 Å². The molecule has 0 atom stereocenters. The van der Waals surface area contributed by atoms with E-state index in [4.69, 9.17) is 4.74 Å². The minimum absolute atomic E-state index is 0. The minimum Gasteiger partial charge on any atom is -0.383 e. The van der Waals surface area contributed by atoms with Crippen molar-refractivity contribution in [3.63, 3.8) is 0 Å². The molecule has 0 radical (unpaired) electrons. The van der Waals surface area contributed by atoms with Crippen LogP contribution >= 0.6 is 24.0 Å². The number of piperidine rings is 1. The molecule has 1 saturated heterocycles. The molecule has 1 rings (SSSR count). The standard InChI is InChI=1S/C18H36N6O3.HI/c1-4-8-20-17(26)14-24-10-6-15(7-11-24)23-18(19-5-2)22-13-16(25)21-9-12-27-3;/h15H,4-14H2,1-3H3,(H,20,26)(H,21,25)(H2,19,22,23);1H. The highest BCUT2D eigenvalue weighted by atomic mass is 127. The Kier molecular flexibility index (Phi) is 16.1. The van der Waals surface area contributed by atoms with Crippen molar-refractivity contribution in [3.8, 4) is 0 Å². The van der Waals surface area contributed by atoms with Gasteiger partial charge in [-0.25, -0.2) is 4.99 Å². The second-order valence-corrected chi connectivity index (χ2v) is 6.58. The number of likely N-dealkylation sites (tertiary alicyclic amines) is 1.